The highest BCUT2D eigenvalue weighted by molar-refractivity contribution is 6.30. The van der Waals surface area contributed by atoms with Crippen molar-refractivity contribution in [1.29, 1.82) is 0 Å². The minimum atomic E-state index is 0.374. The van der Waals surface area contributed by atoms with Crippen molar-refractivity contribution in [3.63, 3.8) is 0 Å². The Hall–Kier alpha value is -3.51. The summed E-state index contributed by atoms with van der Waals surface area (Å²) in [6.45, 7) is 3.29. The number of aromatic nitrogens is 2. The molecule has 2 heterocycles. The van der Waals surface area contributed by atoms with E-state index in [2.05, 4.69) is 38.0 Å². The number of nitrogens with zero attached hydrogens (tertiary/aromatic N) is 4. The van der Waals surface area contributed by atoms with E-state index < -0.39 is 0 Å². The van der Waals surface area contributed by atoms with Gasteiger partial charge in [-0.1, -0.05) is 54.1 Å². The molecule has 1 fully saturated rings. The Bertz CT molecular complexity index is 1220. The Balaban J connectivity index is 1.35. The third kappa shape index (κ3) is 3.94. The first-order chi connectivity index (χ1) is 15.2. The zero-order valence-corrected chi connectivity index (χ0v) is 17.7. The lowest BCUT2D eigenvalue weighted by Crippen LogP contribution is -2.47. The smallest absolute Gasteiger partial charge is 0.248 e. The van der Waals surface area contributed by atoms with Crippen molar-refractivity contribution in [3.05, 3.63) is 78.1 Å². The minimum Gasteiger partial charge on any atom is -0.436 e. The van der Waals surface area contributed by atoms with Crippen LogP contribution in [-0.4, -0.2) is 36.1 Å². The topological polar surface area (TPSA) is 67.5 Å². The number of hydrogen-bond donors (Lipinski definition) is 1. The largest absolute Gasteiger partial charge is 0.436 e. The van der Waals surface area contributed by atoms with E-state index in [0.717, 1.165) is 53.4 Å². The second-order valence-corrected chi connectivity index (χ2v) is 7.89. The molecule has 4 aromatic rings. The predicted molar refractivity (Wildman–Crippen MR) is 126 cm³/mol. The molecule has 0 amide bonds. The van der Waals surface area contributed by atoms with E-state index in [4.69, 9.17) is 22.1 Å². The lowest BCUT2D eigenvalue weighted by molar-refractivity contribution is 0.469. The molecule has 0 aliphatic carbocycles. The fourth-order valence-corrected chi connectivity index (χ4v) is 4.13. The van der Waals surface area contributed by atoms with Crippen molar-refractivity contribution in [2.75, 3.05) is 41.7 Å². The van der Waals surface area contributed by atoms with Crippen LogP contribution in [0, 0.1) is 0 Å². The highest BCUT2D eigenvalue weighted by Gasteiger charge is 2.22. The summed E-state index contributed by atoms with van der Waals surface area (Å²) in [5, 5.41) is 2.86. The minimum absolute atomic E-state index is 0.374. The van der Waals surface area contributed by atoms with Crippen molar-refractivity contribution >= 4 is 39.6 Å². The van der Waals surface area contributed by atoms with E-state index in [1.54, 1.807) is 0 Å². The average Bonchev–Trinajstić information content (AvgIpc) is 2.81. The van der Waals surface area contributed by atoms with Crippen LogP contribution in [0.4, 0.5) is 17.2 Å². The SMILES string of the molecule is Nc1c(Oc2cccc3ccccc23)ncnc1N1CCN(c2cccc(Cl)c2)CC1. The number of nitrogens with two attached hydrogens (primary N) is 1. The highest BCUT2D eigenvalue weighted by Crippen LogP contribution is 2.35. The van der Waals surface area contributed by atoms with Gasteiger partial charge in [-0.25, -0.2) is 4.98 Å². The summed E-state index contributed by atoms with van der Waals surface area (Å²) in [6.07, 6.45) is 1.51. The number of nitrogen functional groups attached to an aromatic ring is 1. The fourth-order valence-electron chi connectivity index (χ4n) is 3.94. The quantitative estimate of drug-likeness (QED) is 0.491. The Morgan fingerprint density at radius 2 is 1.58 bits per heavy atom. The van der Waals surface area contributed by atoms with E-state index >= 15 is 0 Å². The number of ether oxygens (including phenoxy) is 1. The van der Waals surface area contributed by atoms with Gasteiger partial charge in [-0.3, -0.25) is 0 Å². The molecular weight excluding hydrogens is 410 g/mol. The van der Waals surface area contributed by atoms with Crippen LogP contribution in [0.25, 0.3) is 10.8 Å². The van der Waals surface area contributed by atoms with E-state index in [0.29, 0.717) is 17.4 Å². The van der Waals surface area contributed by atoms with Gasteiger partial charge in [0.15, 0.2) is 5.82 Å². The van der Waals surface area contributed by atoms with Gasteiger partial charge in [0.05, 0.1) is 0 Å². The molecule has 0 radical (unpaired) electrons. The number of fused-ring (bicyclic) bond motifs is 1. The second-order valence-electron chi connectivity index (χ2n) is 7.45. The van der Waals surface area contributed by atoms with Gasteiger partial charge in [0.25, 0.3) is 0 Å². The molecule has 0 atom stereocenters. The van der Waals surface area contributed by atoms with E-state index in [-0.39, 0.29) is 0 Å². The van der Waals surface area contributed by atoms with Crippen LogP contribution in [0.5, 0.6) is 11.6 Å². The highest BCUT2D eigenvalue weighted by atomic mass is 35.5. The molecule has 3 aromatic carbocycles. The van der Waals surface area contributed by atoms with Crippen molar-refractivity contribution in [2.45, 2.75) is 0 Å². The van der Waals surface area contributed by atoms with Gasteiger partial charge < -0.3 is 20.3 Å². The van der Waals surface area contributed by atoms with Crippen LogP contribution in [0.3, 0.4) is 0 Å². The molecule has 156 valence electrons. The summed E-state index contributed by atoms with van der Waals surface area (Å²) < 4.78 is 6.13. The summed E-state index contributed by atoms with van der Waals surface area (Å²) in [7, 11) is 0. The molecule has 1 aliphatic heterocycles. The number of hydrogen-bond acceptors (Lipinski definition) is 6. The number of rotatable bonds is 4. The second kappa shape index (κ2) is 8.32. The summed E-state index contributed by atoms with van der Waals surface area (Å²) in [5.41, 5.74) is 8.03. The number of halogens is 1. The van der Waals surface area contributed by atoms with Crippen LogP contribution in [0.1, 0.15) is 0 Å². The maximum absolute atomic E-state index is 6.45. The Morgan fingerprint density at radius 1 is 0.839 bits per heavy atom. The van der Waals surface area contributed by atoms with Gasteiger partial charge in [0, 0.05) is 42.3 Å². The van der Waals surface area contributed by atoms with Crippen LogP contribution >= 0.6 is 11.6 Å². The normalized spacial score (nSPS) is 14.1. The first-order valence-corrected chi connectivity index (χ1v) is 10.6. The number of piperazine rings is 1. The Kier molecular flexibility index (Phi) is 5.22. The summed E-state index contributed by atoms with van der Waals surface area (Å²) in [6, 6.07) is 21.9. The van der Waals surface area contributed by atoms with E-state index in [1.165, 1.54) is 6.33 Å². The molecule has 31 heavy (non-hydrogen) atoms. The molecule has 0 unspecified atom stereocenters. The summed E-state index contributed by atoms with van der Waals surface area (Å²) >= 11 is 6.15. The van der Waals surface area contributed by atoms with Gasteiger partial charge in [0.2, 0.25) is 5.88 Å². The van der Waals surface area contributed by atoms with Crippen molar-refractivity contribution in [2.24, 2.45) is 0 Å². The van der Waals surface area contributed by atoms with Crippen LogP contribution < -0.4 is 20.3 Å². The number of anilines is 3. The molecule has 0 saturated carbocycles. The molecule has 0 spiro atoms. The first kappa shape index (κ1) is 19.5. The monoisotopic (exact) mass is 431 g/mol. The Labute approximate surface area is 185 Å². The average molecular weight is 432 g/mol. The van der Waals surface area contributed by atoms with E-state index in [1.807, 2.05) is 48.5 Å². The van der Waals surface area contributed by atoms with Crippen molar-refractivity contribution in [1.82, 2.24) is 9.97 Å². The molecule has 2 N–H and O–H groups in total. The van der Waals surface area contributed by atoms with Gasteiger partial charge in [0.1, 0.15) is 17.8 Å². The molecule has 0 bridgehead atoms. The third-order valence-electron chi connectivity index (χ3n) is 5.54. The van der Waals surface area contributed by atoms with Crippen LogP contribution in [0.2, 0.25) is 5.02 Å². The van der Waals surface area contributed by atoms with Gasteiger partial charge in [-0.05, 0) is 29.7 Å². The van der Waals surface area contributed by atoms with E-state index in [9.17, 15) is 0 Å². The third-order valence-corrected chi connectivity index (χ3v) is 5.77. The lowest BCUT2D eigenvalue weighted by atomic mass is 10.1. The van der Waals surface area contributed by atoms with Gasteiger partial charge >= 0.3 is 0 Å². The molecule has 6 nitrogen and oxygen atoms in total. The van der Waals surface area contributed by atoms with Gasteiger partial charge in [-0.2, -0.15) is 4.98 Å². The maximum atomic E-state index is 6.45. The fraction of sp³-hybridized carbons (Fsp3) is 0.167. The predicted octanol–water partition coefficient (Wildman–Crippen LogP) is 4.98. The number of benzene rings is 3. The molecule has 1 saturated heterocycles. The summed E-state index contributed by atoms with van der Waals surface area (Å²) in [5.74, 6) is 1.80. The van der Waals surface area contributed by atoms with Crippen molar-refractivity contribution in [3.8, 4) is 11.6 Å². The first-order valence-electron chi connectivity index (χ1n) is 10.2. The standard InChI is InChI=1S/C24H22ClN5O/c25-18-7-4-8-19(15-18)29-11-13-30(14-12-29)23-22(26)24(28-16-27-23)31-21-10-3-6-17-5-1-2-9-20(17)21/h1-10,15-16H,11-14,26H2. The molecule has 5 rings (SSSR count). The molecule has 7 heteroatoms. The van der Waals surface area contributed by atoms with Crippen LogP contribution in [-0.2, 0) is 0 Å². The summed E-state index contributed by atoms with van der Waals surface area (Å²) in [4.78, 5) is 13.2. The van der Waals surface area contributed by atoms with Gasteiger partial charge in [-0.15, -0.1) is 0 Å². The Morgan fingerprint density at radius 3 is 2.42 bits per heavy atom. The lowest BCUT2D eigenvalue weighted by Gasteiger charge is -2.37. The maximum Gasteiger partial charge on any atom is 0.248 e. The van der Waals surface area contributed by atoms with Crippen molar-refractivity contribution < 1.29 is 4.74 Å². The van der Waals surface area contributed by atoms with Crippen LogP contribution in [0.15, 0.2) is 73.1 Å². The zero-order valence-electron chi connectivity index (χ0n) is 16.9. The zero-order chi connectivity index (χ0) is 21.2. The molecular formula is C24H22ClN5O. The molecule has 1 aliphatic rings. The molecule has 1 aromatic heterocycles.